The van der Waals surface area contributed by atoms with Crippen molar-refractivity contribution in [3.05, 3.63) is 23.8 Å². The molecule has 1 aliphatic heterocycles. The first-order valence-corrected chi connectivity index (χ1v) is 9.57. The highest BCUT2D eigenvalue weighted by Gasteiger charge is 2.21. The van der Waals surface area contributed by atoms with Crippen molar-refractivity contribution in [3.8, 4) is 11.5 Å². The number of rotatable bonds is 7. The number of piperazine rings is 1. The van der Waals surface area contributed by atoms with Crippen molar-refractivity contribution in [1.29, 1.82) is 0 Å². The Morgan fingerprint density at radius 2 is 1.86 bits per heavy atom. The van der Waals surface area contributed by atoms with Gasteiger partial charge in [-0.2, -0.15) is 0 Å². The highest BCUT2D eigenvalue weighted by Crippen LogP contribution is 2.25. The Kier molecular flexibility index (Phi) is 11.1. The quantitative estimate of drug-likeness (QED) is 0.335. The molecule has 1 fully saturated rings. The zero-order chi connectivity index (χ0) is 20.5. The van der Waals surface area contributed by atoms with E-state index in [-0.39, 0.29) is 29.9 Å². The fraction of sp³-hybridized carbons (Fsp3) is 0.600. The van der Waals surface area contributed by atoms with Gasteiger partial charge in [0.1, 0.15) is 11.5 Å². The molecule has 1 aromatic carbocycles. The van der Waals surface area contributed by atoms with Gasteiger partial charge in [0.2, 0.25) is 5.91 Å². The van der Waals surface area contributed by atoms with Crippen molar-refractivity contribution in [3.63, 3.8) is 0 Å². The van der Waals surface area contributed by atoms with E-state index >= 15 is 0 Å². The standard InChI is InChI=1S/C20H33N5O3.HI/c1-21-20(22-9-8-19(26)23(2)3)25-12-10-24(11-13-25)15-16-14-17(27-4)6-7-18(16)28-5;/h6-7,14H,8-13,15H2,1-5H3,(H,21,22);1H. The summed E-state index contributed by atoms with van der Waals surface area (Å²) in [5, 5.41) is 3.30. The van der Waals surface area contributed by atoms with Crippen LogP contribution in [0.25, 0.3) is 0 Å². The maximum absolute atomic E-state index is 11.7. The smallest absolute Gasteiger partial charge is 0.223 e. The van der Waals surface area contributed by atoms with E-state index in [4.69, 9.17) is 9.47 Å². The van der Waals surface area contributed by atoms with Gasteiger partial charge in [0.15, 0.2) is 5.96 Å². The molecular weight excluding hydrogens is 485 g/mol. The summed E-state index contributed by atoms with van der Waals surface area (Å²) in [6.07, 6.45) is 0.460. The second-order valence-electron chi connectivity index (χ2n) is 6.95. The maximum Gasteiger partial charge on any atom is 0.223 e. The van der Waals surface area contributed by atoms with Gasteiger partial charge in [0, 0.05) is 72.4 Å². The summed E-state index contributed by atoms with van der Waals surface area (Å²) in [6.45, 7) is 5.03. The molecule has 1 aliphatic rings. The van der Waals surface area contributed by atoms with Crippen LogP contribution in [-0.4, -0.2) is 94.7 Å². The van der Waals surface area contributed by atoms with Crippen LogP contribution in [0, 0.1) is 0 Å². The number of benzene rings is 1. The lowest BCUT2D eigenvalue weighted by Crippen LogP contribution is -2.52. The Labute approximate surface area is 191 Å². The maximum atomic E-state index is 11.7. The van der Waals surface area contributed by atoms with Crippen molar-refractivity contribution in [2.75, 3.05) is 68.1 Å². The highest BCUT2D eigenvalue weighted by molar-refractivity contribution is 14.0. The normalized spacial score (nSPS) is 14.8. The zero-order valence-electron chi connectivity index (χ0n) is 18.1. The number of guanidine groups is 1. The van der Waals surface area contributed by atoms with Gasteiger partial charge in [0.05, 0.1) is 14.2 Å². The molecule has 0 saturated carbocycles. The first kappa shape index (κ1) is 25.3. The lowest BCUT2D eigenvalue weighted by molar-refractivity contribution is -0.128. The molecular formula is C20H34IN5O3. The minimum Gasteiger partial charge on any atom is -0.497 e. The molecule has 0 aromatic heterocycles. The fourth-order valence-corrected chi connectivity index (χ4v) is 3.20. The molecule has 1 heterocycles. The number of methoxy groups -OCH3 is 2. The number of ether oxygens (including phenoxy) is 2. The van der Waals surface area contributed by atoms with E-state index < -0.39 is 0 Å². The minimum atomic E-state index is 0. The van der Waals surface area contributed by atoms with Crippen LogP contribution in [0.1, 0.15) is 12.0 Å². The van der Waals surface area contributed by atoms with Gasteiger partial charge < -0.3 is 24.6 Å². The summed E-state index contributed by atoms with van der Waals surface area (Å²) in [6, 6.07) is 5.90. The second-order valence-corrected chi connectivity index (χ2v) is 6.95. The number of nitrogens with zero attached hydrogens (tertiary/aromatic N) is 4. The predicted octanol–water partition coefficient (Wildman–Crippen LogP) is 1.49. The Balaban J connectivity index is 0.00000420. The van der Waals surface area contributed by atoms with Crippen molar-refractivity contribution in [2.45, 2.75) is 13.0 Å². The minimum absolute atomic E-state index is 0. The number of hydrogen-bond donors (Lipinski definition) is 1. The van der Waals surface area contributed by atoms with E-state index in [0.29, 0.717) is 13.0 Å². The monoisotopic (exact) mass is 519 g/mol. The van der Waals surface area contributed by atoms with E-state index in [2.05, 4.69) is 20.1 Å². The number of carbonyl (C=O) groups excluding carboxylic acids is 1. The number of nitrogens with one attached hydrogen (secondary N) is 1. The molecule has 9 heteroatoms. The summed E-state index contributed by atoms with van der Waals surface area (Å²) in [5.74, 6) is 2.68. The van der Waals surface area contributed by atoms with E-state index in [1.807, 2.05) is 18.2 Å². The largest absolute Gasteiger partial charge is 0.497 e. The van der Waals surface area contributed by atoms with Crippen LogP contribution in [0.5, 0.6) is 11.5 Å². The summed E-state index contributed by atoms with van der Waals surface area (Å²) >= 11 is 0. The lowest BCUT2D eigenvalue weighted by atomic mass is 10.1. The number of halogens is 1. The van der Waals surface area contributed by atoms with Gasteiger partial charge in [-0.3, -0.25) is 14.7 Å². The van der Waals surface area contributed by atoms with Crippen molar-refractivity contribution in [1.82, 2.24) is 20.0 Å². The molecule has 1 saturated heterocycles. The first-order valence-electron chi connectivity index (χ1n) is 9.57. The molecule has 1 N–H and O–H groups in total. The zero-order valence-corrected chi connectivity index (χ0v) is 20.4. The van der Waals surface area contributed by atoms with Crippen molar-refractivity contribution in [2.24, 2.45) is 4.99 Å². The molecule has 0 bridgehead atoms. The van der Waals surface area contributed by atoms with Gasteiger partial charge in [-0.1, -0.05) is 0 Å². The summed E-state index contributed by atoms with van der Waals surface area (Å²) < 4.78 is 10.8. The molecule has 164 valence electrons. The molecule has 1 amide bonds. The van der Waals surface area contributed by atoms with E-state index in [1.165, 1.54) is 0 Å². The molecule has 0 unspecified atom stereocenters. The average molecular weight is 519 g/mol. The summed E-state index contributed by atoms with van der Waals surface area (Å²) in [4.78, 5) is 22.3. The molecule has 0 spiro atoms. The molecule has 1 aromatic rings. The van der Waals surface area contributed by atoms with Gasteiger partial charge in [-0.05, 0) is 18.2 Å². The van der Waals surface area contributed by atoms with Crippen molar-refractivity contribution >= 4 is 35.8 Å². The first-order chi connectivity index (χ1) is 13.5. The molecule has 0 atom stereocenters. The number of amides is 1. The van der Waals surface area contributed by atoms with Crippen LogP contribution in [-0.2, 0) is 11.3 Å². The Hall–Kier alpha value is -1.75. The molecule has 2 rings (SSSR count). The fourth-order valence-electron chi connectivity index (χ4n) is 3.20. The molecule has 8 nitrogen and oxygen atoms in total. The van der Waals surface area contributed by atoms with Crippen LogP contribution < -0.4 is 14.8 Å². The number of aliphatic imine (C=N–C) groups is 1. The second kappa shape index (κ2) is 12.7. The molecule has 29 heavy (non-hydrogen) atoms. The highest BCUT2D eigenvalue weighted by atomic mass is 127. The third-order valence-electron chi connectivity index (χ3n) is 4.89. The SMILES string of the molecule is CN=C(NCCC(=O)N(C)C)N1CCN(Cc2cc(OC)ccc2OC)CC1.I. The summed E-state index contributed by atoms with van der Waals surface area (Å²) in [7, 11) is 8.69. The van der Waals surface area contributed by atoms with Crippen LogP contribution >= 0.6 is 24.0 Å². The Morgan fingerprint density at radius 3 is 2.41 bits per heavy atom. The number of hydrogen-bond acceptors (Lipinski definition) is 5. The van der Waals surface area contributed by atoms with Gasteiger partial charge in [-0.25, -0.2) is 0 Å². The molecule has 0 aliphatic carbocycles. The summed E-state index contributed by atoms with van der Waals surface area (Å²) in [5.41, 5.74) is 1.13. The Bertz CT molecular complexity index is 676. The van der Waals surface area contributed by atoms with Crippen molar-refractivity contribution < 1.29 is 14.3 Å². The van der Waals surface area contributed by atoms with Crippen LogP contribution in [0.4, 0.5) is 0 Å². The van der Waals surface area contributed by atoms with Crippen LogP contribution in [0.2, 0.25) is 0 Å². The third-order valence-corrected chi connectivity index (χ3v) is 4.89. The van der Waals surface area contributed by atoms with E-state index in [1.54, 1.807) is 40.3 Å². The van der Waals surface area contributed by atoms with E-state index in [0.717, 1.165) is 55.7 Å². The predicted molar refractivity (Wildman–Crippen MR) is 126 cm³/mol. The third kappa shape index (κ3) is 7.54. The topological polar surface area (TPSA) is 69.6 Å². The number of carbonyl (C=O) groups is 1. The Morgan fingerprint density at radius 1 is 1.17 bits per heavy atom. The van der Waals surface area contributed by atoms with E-state index in [9.17, 15) is 4.79 Å². The lowest BCUT2D eigenvalue weighted by Gasteiger charge is -2.36. The average Bonchev–Trinajstić information content (AvgIpc) is 2.71. The van der Waals surface area contributed by atoms with Crippen LogP contribution in [0.3, 0.4) is 0 Å². The van der Waals surface area contributed by atoms with Gasteiger partial charge in [-0.15, -0.1) is 24.0 Å². The van der Waals surface area contributed by atoms with Gasteiger partial charge in [0.25, 0.3) is 0 Å². The molecule has 0 radical (unpaired) electrons. The van der Waals surface area contributed by atoms with Crippen LogP contribution in [0.15, 0.2) is 23.2 Å². The van der Waals surface area contributed by atoms with Gasteiger partial charge >= 0.3 is 0 Å².